The molecule has 114 valence electrons. The largest absolute Gasteiger partial charge is 0.360 e. The molecule has 0 atom stereocenters. The van der Waals surface area contributed by atoms with Crippen LogP contribution in [-0.2, 0) is 6.54 Å². The Morgan fingerprint density at radius 3 is 2.50 bits per heavy atom. The third-order valence-corrected chi connectivity index (χ3v) is 4.31. The van der Waals surface area contributed by atoms with Crippen molar-refractivity contribution in [3.8, 4) is 0 Å². The predicted octanol–water partition coefficient (Wildman–Crippen LogP) is 2.13. The third-order valence-electron chi connectivity index (χ3n) is 3.44. The fourth-order valence-electron chi connectivity index (χ4n) is 2.46. The zero-order chi connectivity index (χ0) is 14.4. The summed E-state index contributed by atoms with van der Waals surface area (Å²) in [6, 6.07) is 0. The van der Waals surface area contributed by atoms with E-state index in [1.807, 2.05) is 0 Å². The molecule has 0 unspecified atom stereocenters. The standard InChI is InChI=1S/C14H27N5S/c1-4-5-15-14-17-16-13(20-14)11-19-8-6-18(7-9-19)10-12(2)3/h12H,4-11H2,1-3H3,(H,15,17). The maximum Gasteiger partial charge on any atom is 0.205 e. The number of rotatable bonds is 7. The summed E-state index contributed by atoms with van der Waals surface area (Å²) in [6.07, 6.45) is 1.12. The van der Waals surface area contributed by atoms with Crippen molar-refractivity contribution in [3.05, 3.63) is 5.01 Å². The van der Waals surface area contributed by atoms with Crippen molar-refractivity contribution >= 4 is 16.5 Å². The van der Waals surface area contributed by atoms with E-state index in [1.165, 1.54) is 19.6 Å². The quantitative estimate of drug-likeness (QED) is 0.835. The van der Waals surface area contributed by atoms with E-state index in [2.05, 4.69) is 46.1 Å². The monoisotopic (exact) mass is 297 g/mol. The fraction of sp³-hybridized carbons (Fsp3) is 0.857. The van der Waals surface area contributed by atoms with Crippen LogP contribution in [-0.4, -0.2) is 59.3 Å². The molecule has 0 amide bonds. The summed E-state index contributed by atoms with van der Waals surface area (Å²) < 4.78 is 0. The molecule has 1 aromatic heterocycles. The normalized spacial score (nSPS) is 17.8. The second kappa shape index (κ2) is 7.90. The molecule has 2 heterocycles. The Kier molecular flexibility index (Phi) is 6.19. The average molecular weight is 297 g/mol. The number of hydrogen-bond donors (Lipinski definition) is 1. The summed E-state index contributed by atoms with van der Waals surface area (Å²) in [5, 5.41) is 13.9. The van der Waals surface area contributed by atoms with Gasteiger partial charge in [-0.05, 0) is 12.3 Å². The summed E-state index contributed by atoms with van der Waals surface area (Å²) >= 11 is 1.69. The van der Waals surface area contributed by atoms with E-state index >= 15 is 0 Å². The van der Waals surface area contributed by atoms with Crippen LogP contribution in [0.1, 0.15) is 32.2 Å². The minimum Gasteiger partial charge on any atom is -0.360 e. The molecule has 0 aromatic carbocycles. The lowest BCUT2D eigenvalue weighted by atomic mass is 10.2. The van der Waals surface area contributed by atoms with E-state index in [1.54, 1.807) is 11.3 Å². The molecular weight excluding hydrogens is 270 g/mol. The van der Waals surface area contributed by atoms with Crippen molar-refractivity contribution in [1.29, 1.82) is 0 Å². The van der Waals surface area contributed by atoms with Crippen molar-refractivity contribution < 1.29 is 0 Å². The Morgan fingerprint density at radius 2 is 1.85 bits per heavy atom. The second-order valence-corrected chi connectivity index (χ2v) is 6.96. The van der Waals surface area contributed by atoms with Crippen LogP contribution in [0.3, 0.4) is 0 Å². The Bertz CT molecular complexity index is 385. The molecule has 6 heteroatoms. The van der Waals surface area contributed by atoms with E-state index in [4.69, 9.17) is 0 Å². The molecule has 20 heavy (non-hydrogen) atoms. The highest BCUT2D eigenvalue weighted by Crippen LogP contribution is 2.17. The molecule has 1 N–H and O–H groups in total. The summed E-state index contributed by atoms with van der Waals surface area (Å²) in [6.45, 7) is 14.5. The van der Waals surface area contributed by atoms with Gasteiger partial charge in [-0.2, -0.15) is 0 Å². The first-order chi connectivity index (χ1) is 9.67. The summed E-state index contributed by atoms with van der Waals surface area (Å²) in [5.74, 6) is 0.761. The number of piperazine rings is 1. The Labute approximate surface area is 126 Å². The Hall–Kier alpha value is -0.720. The van der Waals surface area contributed by atoms with Gasteiger partial charge in [-0.25, -0.2) is 0 Å². The molecule has 1 saturated heterocycles. The molecule has 0 spiro atoms. The van der Waals surface area contributed by atoms with Gasteiger partial charge in [0.15, 0.2) is 0 Å². The second-order valence-electron chi connectivity index (χ2n) is 5.90. The highest BCUT2D eigenvalue weighted by molar-refractivity contribution is 7.15. The van der Waals surface area contributed by atoms with E-state index in [0.717, 1.165) is 48.7 Å². The molecule has 2 rings (SSSR count). The number of nitrogens with one attached hydrogen (secondary N) is 1. The van der Waals surface area contributed by atoms with Crippen LogP contribution < -0.4 is 5.32 Å². The van der Waals surface area contributed by atoms with Crippen LogP contribution in [0.4, 0.5) is 5.13 Å². The van der Waals surface area contributed by atoms with E-state index in [9.17, 15) is 0 Å². The maximum absolute atomic E-state index is 4.28. The summed E-state index contributed by atoms with van der Waals surface area (Å²) in [7, 11) is 0. The van der Waals surface area contributed by atoms with Gasteiger partial charge in [0.2, 0.25) is 5.13 Å². The molecular formula is C14H27N5S. The first kappa shape index (κ1) is 15.7. The number of nitrogens with zero attached hydrogens (tertiary/aromatic N) is 4. The van der Waals surface area contributed by atoms with Gasteiger partial charge in [0.1, 0.15) is 5.01 Å². The number of aromatic nitrogens is 2. The lowest BCUT2D eigenvalue weighted by molar-refractivity contribution is 0.117. The van der Waals surface area contributed by atoms with Crippen LogP contribution >= 0.6 is 11.3 Å². The van der Waals surface area contributed by atoms with Gasteiger partial charge in [0, 0.05) is 39.3 Å². The van der Waals surface area contributed by atoms with Crippen LogP contribution in [0, 0.1) is 5.92 Å². The molecule has 5 nitrogen and oxygen atoms in total. The van der Waals surface area contributed by atoms with Crippen LogP contribution in [0.25, 0.3) is 0 Å². The number of hydrogen-bond acceptors (Lipinski definition) is 6. The van der Waals surface area contributed by atoms with E-state index in [-0.39, 0.29) is 0 Å². The maximum atomic E-state index is 4.28. The minimum absolute atomic E-state index is 0.761. The minimum atomic E-state index is 0.761. The van der Waals surface area contributed by atoms with Gasteiger partial charge >= 0.3 is 0 Å². The molecule has 0 bridgehead atoms. The van der Waals surface area contributed by atoms with Gasteiger partial charge in [-0.15, -0.1) is 10.2 Å². The topological polar surface area (TPSA) is 44.3 Å². The summed E-state index contributed by atoms with van der Waals surface area (Å²) in [5.41, 5.74) is 0. The first-order valence-electron chi connectivity index (χ1n) is 7.68. The highest BCUT2D eigenvalue weighted by Gasteiger charge is 2.18. The lowest BCUT2D eigenvalue weighted by Gasteiger charge is -2.34. The zero-order valence-electron chi connectivity index (χ0n) is 12.9. The zero-order valence-corrected chi connectivity index (χ0v) is 13.7. The van der Waals surface area contributed by atoms with Crippen LogP contribution in [0.5, 0.6) is 0 Å². The molecule has 1 aromatic rings. The third kappa shape index (κ3) is 5.00. The van der Waals surface area contributed by atoms with Crippen molar-refractivity contribution in [1.82, 2.24) is 20.0 Å². The van der Waals surface area contributed by atoms with Crippen molar-refractivity contribution in [2.24, 2.45) is 5.92 Å². The number of anilines is 1. The van der Waals surface area contributed by atoms with Gasteiger partial charge in [0.25, 0.3) is 0 Å². The summed E-state index contributed by atoms with van der Waals surface area (Å²) in [4.78, 5) is 5.05. The molecule has 0 aliphatic carbocycles. The van der Waals surface area contributed by atoms with Gasteiger partial charge in [-0.1, -0.05) is 32.1 Å². The van der Waals surface area contributed by atoms with Gasteiger partial charge in [0.05, 0.1) is 6.54 Å². The van der Waals surface area contributed by atoms with Crippen LogP contribution in [0.2, 0.25) is 0 Å². The molecule has 1 aliphatic heterocycles. The molecule has 0 radical (unpaired) electrons. The Balaban J connectivity index is 1.73. The average Bonchev–Trinajstić information content (AvgIpc) is 2.86. The first-order valence-corrected chi connectivity index (χ1v) is 8.50. The molecule has 0 saturated carbocycles. The van der Waals surface area contributed by atoms with Crippen molar-refractivity contribution in [2.75, 3.05) is 44.6 Å². The smallest absolute Gasteiger partial charge is 0.205 e. The molecule has 1 fully saturated rings. The fourth-order valence-corrected chi connectivity index (χ4v) is 3.27. The van der Waals surface area contributed by atoms with Crippen molar-refractivity contribution in [3.63, 3.8) is 0 Å². The SMILES string of the molecule is CCCNc1nnc(CN2CCN(CC(C)C)CC2)s1. The molecule has 1 aliphatic rings. The van der Waals surface area contributed by atoms with Crippen molar-refractivity contribution in [2.45, 2.75) is 33.7 Å². The van der Waals surface area contributed by atoms with E-state index in [0.29, 0.717) is 0 Å². The van der Waals surface area contributed by atoms with E-state index < -0.39 is 0 Å². The Morgan fingerprint density at radius 1 is 1.15 bits per heavy atom. The van der Waals surface area contributed by atoms with Crippen LogP contribution in [0.15, 0.2) is 0 Å². The van der Waals surface area contributed by atoms with Gasteiger partial charge < -0.3 is 10.2 Å². The lowest BCUT2D eigenvalue weighted by Crippen LogP contribution is -2.46. The predicted molar refractivity (Wildman–Crippen MR) is 85.2 cm³/mol. The van der Waals surface area contributed by atoms with Gasteiger partial charge in [-0.3, -0.25) is 4.90 Å². The highest BCUT2D eigenvalue weighted by atomic mass is 32.1.